The highest BCUT2D eigenvalue weighted by atomic mass is 16.3. The molecule has 1 aromatic carbocycles. The van der Waals surface area contributed by atoms with Gasteiger partial charge in [-0.2, -0.15) is 0 Å². The average molecular weight is 277 g/mol. The van der Waals surface area contributed by atoms with Gasteiger partial charge in [-0.25, -0.2) is 0 Å². The Morgan fingerprint density at radius 2 is 1.30 bits per heavy atom. The van der Waals surface area contributed by atoms with Crippen molar-refractivity contribution in [2.45, 2.75) is 53.6 Å². The molecule has 20 heavy (non-hydrogen) atoms. The molecule has 0 saturated heterocycles. The third kappa shape index (κ3) is 5.96. The van der Waals surface area contributed by atoms with Crippen LogP contribution in [0.1, 0.15) is 59.1 Å². The Bertz CT molecular complexity index is 356. The zero-order chi connectivity index (χ0) is 15.1. The first-order chi connectivity index (χ1) is 9.40. The quantitative estimate of drug-likeness (QED) is 0.748. The molecule has 1 aromatic rings. The molecular weight excluding hydrogens is 246 g/mol. The zero-order valence-electron chi connectivity index (χ0n) is 13.8. The maximum atomic E-state index is 9.59. The number of nitrogens with zero attached hydrogens (tertiary/aromatic N) is 1. The molecule has 0 unspecified atom stereocenters. The number of hydrogen-bond acceptors (Lipinski definition) is 2. The van der Waals surface area contributed by atoms with Gasteiger partial charge in [-0.15, -0.1) is 0 Å². The molecule has 0 radical (unpaired) electrons. The first kappa shape index (κ1) is 17.0. The van der Waals surface area contributed by atoms with Gasteiger partial charge in [0.2, 0.25) is 0 Å². The van der Waals surface area contributed by atoms with Crippen LogP contribution in [0.3, 0.4) is 0 Å². The molecule has 0 amide bonds. The topological polar surface area (TPSA) is 23.5 Å². The molecule has 0 heterocycles. The summed E-state index contributed by atoms with van der Waals surface area (Å²) in [7, 11) is 0. The fourth-order valence-electron chi connectivity index (χ4n) is 2.16. The Morgan fingerprint density at radius 3 is 1.65 bits per heavy atom. The van der Waals surface area contributed by atoms with Crippen LogP contribution in [0, 0.1) is 11.8 Å². The van der Waals surface area contributed by atoms with Crippen LogP contribution < -0.4 is 4.90 Å². The minimum atomic E-state index is -0.385. The average Bonchev–Trinajstić information content (AvgIpc) is 2.38. The molecule has 1 atom stereocenters. The van der Waals surface area contributed by atoms with Crippen molar-refractivity contribution in [3.63, 3.8) is 0 Å². The molecule has 0 fully saturated rings. The Balaban J connectivity index is 2.74. The number of rotatable bonds is 8. The first-order valence-electron chi connectivity index (χ1n) is 7.93. The van der Waals surface area contributed by atoms with Gasteiger partial charge in [0.1, 0.15) is 0 Å². The van der Waals surface area contributed by atoms with Gasteiger partial charge in [0, 0.05) is 18.8 Å². The summed E-state index contributed by atoms with van der Waals surface area (Å²) in [5, 5.41) is 9.59. The lowest BCUT2D eigenvalue weighted by Crippen LogP contribution is -2.27. The molecule has 0 aliphatic heterocycles. The van der Waals surface area contributed by atoms with Crippen LogP contribution in [0.15, 0.2) is 24.3 Å². The fourth-order valence-corrected chi connectivity index (χ4v) is 2.16. The van der Waals surface area contributed by atoms with Crippen molar-refractivity contribution >= 4 is 5.69 Å². The lowest BCUT2D eigenvalue weighted by molar-refractivity contribution is 0.199. The largest absolute Gasteiger partial charge is 0.389 e. The van der Waals surface area contributed by atoms with Gasteiger partial charge in [0.15, 0.2) is 0 Å². The van der Waals surface area contributed by atoms with E-state index in [0.717, 1.165) is 30.5 Å². The molecule has 1 rings (SSSR count). The van der Waals surface area contributed by atoms with Gasteiger partial charge in [-0.3, -0.25) is 0 Å². The Labute approximate surface area is 124 Å². The van der Waals surface area contributed by atoms with Crippen molar-refractivity contribution in [2.24, 2.45) is 11.8 Å². The van der Waals surface area contributed by atoms with E-state index >= 15 is 0 Å². The Hall–Kier alpha value is -1.02. The molecule has 0 spiro atoms. The molecule has 0 aliphatic rings. The summed E-state index contributed by atoms with van der Waals surface area (Å²) in [6.45, 7) is 13.1. The SMILES string of the molecule is CC(C)CCN(CCC(C)C)c1ccc([C@H](C)O)cc1. The molecule has 2 heteroatoms. The lowest BCUT2D eigenvalue weighted by atomic mass is 10.1. The van der Waals surface area contributed by atoms with E-state index in [2.05, 4.69) is 44.7 Å². The third-order valence-electron chi connectivity index (χ3n) is 3.69. The van der Waals surface area contributed by atoms with Crippen molar-refractivity contribution in [1.82, 2.24) is 0 Å². The molecule has 0 aromatic heterocycles. The number of anilines is 1. The van der Waals surface area contributed by atoms with Gasteiger partial charge in [0.05, 0.1) is 6.10 Å². The van der Waals surface area contributed by atoms with E-state index in [-0.39, 0.29) is 6.10 Å². The third-order valence-corrected chi connectivity index (χ3v) is 3.69. The molecule has 1 N–H and O–H groups in total. The summed E-state index contributed by atoms with van der Waals surface area (Å²) in [5.74, 6) is 1.46. The molecule has 114 valence electrons. The number of aliphatic hydroxyl groups is 1. The van der Waals surface area contributed by atoms with Crippen LogP contribution in [0.4, 0.5) is 5.69 Å². The number of hydrogen-bond donors (Lipinski definition) is 1. The van der Waals surface area contributed by atoms with Crippen LogP contribution in [-0.2, 0) is 0 Å². The minimum absolute atomic E-state index is 0.385. The molecule has 2 nitrogen and oxygen atoms in total. The number of aliphatic hydroxyl groups excluding tert-OH is 1. The second-order valence-electron chi connectivity index (χ2n) is 6.62. The predicted octanol–water partition coefficient (Wildman–Crippen LogP) is 4.64. The van der Waals surface area contributed by atoms with E-state index in [9.17, 15) is 5.11 Å². The first-order valence-corrected chi connectivity index (χ1v) is 7.93. The smallest absolute Gasteiger partial charge is 0.0761 e. The normalized spacial score (nSPS) is 13.0. The second kappa shape index (κ2) is 8.31. The summed E-state index contributed by atoms with van der Waals surface area (Å²) in [6.07, 6.45) is 2.05. The standard InChI is InChI=1S/C18H31NO/c1-14(2)10-12-19(13-11-15(3)4)18-8-6-17(7-9-18)16(5)20/h6-9,14-16,20H,10-13H2,1-5H3/t16-/m0/s1. The monoisotopic (exact) mass is 277 g/mol. The molecule has 0 saturated carbocycles. The minimum Gasteiger partial charge on any atom is -0.389 e. The van der Waals surface area contributed by atoms with E-state index in [1.807, 2.05) is 19.1 Å². The van der Waals surface area contributed by atoms with E-state index in [0.29, 0.717) is 0 Å². The van der Waals surface area contributed by atoms with Crippen LogP contribution in [-0.4, -0.2) is 18.2 Å². The van der Waals surface area contributed by atoms with Gasteiger partial charge >= 0.3 is 0 Å². The predicted molar refractivity (Wildman–Crippen MR) is 88.2 cm³/mol. The van der Waals surface area contributed by atoms with Crippen molar-refractivity contribution in [3.05, 3.63) is 29.8 Å². The van der Waals surface area contributed by atoms with Crippen LogP contribution in [0.5, 0.6) is 0 Å². The van der Waals surface area contributed by atoms with Gasteiger partial charge in [-0.1, -0.05) is 39.8 Å². The summed E-state index contributed by atoms with van der Waals surface area (Å²) in [4.78, 5) is 2.48. The maximum absolute atomic E-state index is 9.59. The molecule has 0 bridgehead atoms. The maximum Gasteiger partial charge on any atom is 0.0761 e. The fraction of sp³-hybridized carbons (Fsp3) is 0.667. The van der Waals surface area contributed by atoms with Gasteiger partial charge in [0.25, 0.3) is 0 Å². The Morgan fingerprint density at radius 1 is 0.850 bits per heavy atom. The summed E-state index contributed by atoms with van der Waals surface area (Å²) in [6, 6.07) is 8.36. The Kier molecular flexibility index (Phi) is 7.08. The second-order valence-corrected chi connectivity index (χ2v) is 6.62. The van der Waals surface area contributed by atoms with Crippen molar-refractivity contribution in [3.8, 4) is 0 Å². The highest BCUT2D eigenvalue weighted by Crippen LogP contribution is 2.21. The van der Waals surface area contributed by atoms with Crippen LogP contribution in [0.25, 0.3) is 0 Å². The summed E-state index contributed by atoms with van der Waals surface area (Å²) in [5.41, 5.74) is 2.26. The van der Waals surface area contributed by atoms with E-state index < -0.39 is 0 Å². The number of benzene rings is 1. The lowest BCUT2D eigenvalue weighted by Gasteiger charge is -2.27. The summed E-state index contributed by atoms with van der Waals surface area (Å²) >= 11 is 0. The van der Waals surface area contributed by atoms with E-state index in [1.165, 1.54) is 18.5 Å². The molecular formula is C18H31NO. The van der Waals surface area contributed by atoms with E-state index in [4.69, 9.17) is 0 Å². The van der Waals surface area contributed by atoms with Crippen molar-refractivity contribution in [1.29, 1.82) is 0 Å². The highest BCUT2D eigenvalue weighted by Gasteiger charge is 2.09. The molecule has 0 aliphatic carbocycles. The van der Waals surface area contributed by atoms with E-state index in [1.54, 1.807) is 0 Å². The highest BCUT2D eigenvalue weighted by molar-refractivity contribution is 5.47. The van der Waals surface area contributed by atoms with Crippen LogP contribution in [0.2, 0.25) is 0 Å². The van der Waals surface area contributed by atoms with Gasteiger partial charge < -0.3 is 10.0 Å². The van der Waals surface area contributed by atoms with Gasteiger partial charge in [-0.05, 0) is 49.3 Å². The van der Waals surface area contributed by atoms with Crippen molar-refractivity contribution < 1.29 is 5.11 Å². The van der Waals surface area contributed by atoms with Crippen LogP contribution >= 0.6 is 0 Å². The zero-order valence-corrected chi connectivity index (χ0v) is 13.8. The summed E-state index contributed by atoms with van der Waals surface area (Å²) < 4.78 is 0. The van der Waals surface area contributed by atoms with Crippen molar-refractivity contribution in [2.75, 3.05) is 18.0 Å².